The van der Waals surface area contributed by atoms with E-state index in [4.69, 9.17) is 0 Å². The molecule has 0 spiro atoms. The molecule has 2 N–H and O–H groups in total. The van der Waals surface area contributed by atoms with Crippen molar-refractivity contribution in [2.75, 3.05) is 19.4 Å². The van der Waals surface area contributed by atoms with Gasteiger partial charge < -0.3 is 15.2 Å². The second kappa shape index (κ2) is 6.38. The summed E-state index contributed by atoms with van der Waals surface area (Å²) in [7, 11) is 4.03. The molecule has 2 aromatic rings. The number of nitrogens with zero attached hydrogens (tertiary/aromatic N) is 1. The van der Waals surface area contributed by atoms with E-state index in [1.807, 2.05) is 38.4 Å². The van der Waals surface area contributed by atoms with Crippen molar-refractivity contribution in [3.05, 3.63) is 52.8 Å². The van der Waals surface area contributed by atoms with Crippen LogP contribution in [0.5, 0.6) is 0 Å². The van der Waals surface area contributed by atoms with Crippen LogP contribution in [-0.2, 0) is 13.0 Å². The lowest BCUT2D eigenvalue weighted by atomic mass is 9.93. The van der Waals surface area contributed by atoms with Crippen molar-refractivity contribution in [3.8, 4) is 0 Å². The van der Waals surface area contributed by atoms with Crippen molar-refractivity contribution in [2.24, 2.45) is 0 Å². The Hall–Kier alpha value is -2.40. The van der Waals surface area contributed by atoms with E-state index >= 15 is 0 Å². The van der Waals surface area contributed by atoms with E-state index < -0.39 is 0 Å². The van der Waals surface area contributed by atoms with Crippen molar-refractivity contribution in [1.82, 2.24) is 9.88 Å². The van der Waals surface area contributed by atoms with Gasteiger partial charge in [0, 0.05) is 30.5 Å². The molecular formula is C18H21N3O2. The van der Waals surface area contributed by atoms with Gasteiger partial charge in [-0.25, -0.2) is 0 Å². The van der Waals surface area contributed by atoms with E-state index in [0.29, 0.717) is 17.5 Å². The molecule has 1 aliphatic carbocycles. The Labute approximate surface area is 135 Å². The molecule has 3 rings (SSSR count). The molecule has 5 nitrogen and oxygen atoms in total. The minimum absolute atomic E-state index is 0.0546. The first-order chi connectivity index (χ1) is 11.0. The lowest BCUT2D eigenvalue weighted by Crippen LogP contribution is -2.18. The third-order valence-electron chi connectivity index (χ3n) is 4.03. The number of fused-ring (bicyclic) bond motifs is 1. The van der Waals surface area contributed by atoms with Crippen LogP contribution in [0, 0.1) is 0 Å². The van der Waals surface area contributed by atoms with Gasteiger partial charge in [0.25, 0.3) is 5.91 Å². The van der Waals surface area contributed by atoms with Gasteiger partial charge in [-0.15, -0.1) is 0 Å². The second-order valence-corrected chi connectivity index (χ2v) is 6.22. The maximum atomic E-state index is 12.5. The molecule has 5 heteroatoms. The first-order valence-corrected chi connectivity index (χ1v) is 7.83. The van der Waals surface area contributed by atoms with Gasteiger partial charge in [0.05, 0.1) is 11.1 Å². The van der Waals surface area contributed by atoms with Crippen molar-refractivity contribution in [2.45, 2.75) is 25.8 Å². The number of H-pyrrole nitrogens is 1. The molecule has 0 unspecified atom stereocenters. The molecule has 0 bridgehead atoms. The van der Waals surface area contributed by atoms with Crippen LogP contribution in [0.15, 0.2) is 30.5 Å². The van der Waals surface area contributed by atoms with E-state index in [2.05, 4.69) is 15.2 Å². The summed E-state index contributed by atoms with van der Waals surface area (Å²) in [4.78, 5) is 29.7. The average Bonchev–Trinajstić information content (AvgIpc) is 2.94. The van der Waals surface area contributed by atoms with Crippen LogP contribution in [0.2, 0.25) is 0 Å². The number of ketones is 1. The summed E-state index contributed by atoms with van der Waals surface area (Å²) in [6, 6.07) is 7.76. The van der Waals surface area contributed by atoms with Gasteiger partial charge in [0.1, 0.15) is 0 Å². The molecule has 1 amide bonds. The highest BCUT2D eigenvalue weighted by Gasteiger charge is 2.25. The zero-order valence-corrected chi connectivity index (χ0v) is 13.5. The zero-order chi connectivity index (χ0) is 16.4. The third-order valence-corrected chi connectivity index (χ3v) is 4.03. The summed E-state index contributed by atoms with van der Waals surface area (Å²) in [5, 5.41) is 2.87. The summed E-state index contributed by atoms with van der Waals surface area (Å²) >= 11 is 0. The Bertz CT molecular complexity index is 729. The SMILES string of the molecule is CN(C)Cc1ccc(NC(=O)c2c[nH]c3c2C(=O)CCC3)cc1. The Balaban J connectivity index is 1.75. The van der Waals surface area contributed by atoms with Gasteiger partial charge >= 0.3 is 0 Å². The largest absolute Gasteiger partial charge is 0.364 e. The number of amides is 1. The minimum Gasteiger partial charge on any atom is -0.364 e. The van der Waals surface area contributed by atoms with Crippen molar-refractivity contribution in [1.29, 1.82) is 0 Å². The number of aromatic nitrogens is 1. The van der Waals surface area contributed by atoms with Gasteiger partial charge in [-0.05, 0) is 44.6 Å². The molecule has 1 aromatic heterocycles. The minimum atomic E-state index is -0.238. The molecule has 0 atom stereocenters. The van der Waals surface area contributed by atoms with Crippen LogP contribution >= 0.6 is 0 Å². The number of Topliss-reactive ketones (excluding diaryl/α,β-unsaturated/α-hetero) is 1. The summed E-state index contributed by atoms with van der Waals surface area (Å²) in [6.07, 6.45) is 3.84. The van der Waals surface area contributed by atoms with Gasteiger partial charge in [0.15, 0.2) is 5.78 Å². The highest BCUT2D eigenvalue weighted by Crippen LogP contribution is 2.24. The standard InChI is InChI=1S/C18H21N3O2/c1-21(2)11-12-6-8-13(9-7-12)20-18(23)14-10-19-15-4-3-5-16(22)17(14)15/h6-10,19H,3-5,11H2,1-2H3,(H,20,23). The quantitative estimate of drug-likeness (QED) is 0.912. The van der Waals surface area contributed by atoms with E-state index in [-0.39, 0.29) is 11.7 Å². The number of carbonyl (C=O) groups is 2. The van der Waals surface area contributed by atoms with Crippen molar-refractivity contribution >= 4 is 17.4 Å². The molecule has 1 heterocycles. The van der Waals surface area contributed by atoms with Crippen LogP contribution in [0.4, 0.5) is 5.69 Å². The van der Waals surface area contributed by atoms with E-state index in [1.165, 1.54) is 5.56 Å². The number of nitrogens with one attached hydrogen (secondary N) is 2. The molecular weight excluding hydrogens is 290 g/mol. The molecule has 0 radical (unpaired) electrons. The van der Waals surface area contributed by atoms with Crippen LogP contribution in [-0.4, -0.2) is 35.7 Å². The number of benzene rings is 1. The summed E-state index contributed by atoms with van der Waals surface area (Å²) in [5.41, 5.74) is 3.81. The van der Waals surface area contributed by atoms with Gasteiger partial charge in [0.2, 0.25) is 0 Å². The normalized spacial score (nSPS) is 14.0. The zero-order valence-electron chi connectivity index (χ0n) is 13.5. The number of rotatable bonds is 4. The fourth-order valence-electron chi connectivity index (χ4n) is 2.97. The monoisotopic (exact) mass is 311 g/mol. The molecule has 0 saturated heterocycles. The molecule has 0 fully saturated rings. The fraction of sp³-hybridized carbons (Fsp3) is 0.333. The van der Waals surface area contributed by atoms with Crippen LogP contribution in [0.3, 0.4) is 0 Å². The van der Waals surface area contributed by atoms with E-state index in [0.717, 1.165) is 30.8 Å². The topological polar surface area (TPSA) is 65.2 Å². The van der Waals surface area contributed by atoms with Gasteiger partial charge in [-0.2, -0.15) is 0 Å². The Morgan fingerprint density at radius 2 is 1.96 bits per heavy atom. The summed E-state index contributed by atoms with van der Waals surface area (Å²) < 4.78 is 0. The van der Waals surface area contributed by atoms with E-state index in [9.17, 15) is 9.59 Å². The molecule has 23 heavy (non-hydrogen) atoms. The smallest absolute Gasteiger partial charge is 0.257 e. The molecule has 1 aromatic carbocycles. The molecule has 1 aliphatic rings. The predicted octanol–water partition coefficient (Wildman–Crippen LogP) is 2.85. The Morgan fingerprint density at radius 1 is 1.22 bits per heavy atom. The number of carbonyl (C=O) groups excluding carboxylic acids is 2. The summed E-state index contributed by atoms with van der Waals surface area (Å²) in [6.45, 7) is 0.855. The Kier molecular flexibility index (Phi) is 4.30. The first kappa shape index (κ1) is 15.5. The van der Waals surface area contributed by atoms with Crippen molar-refractivity contribution < 1.29 is 9.59 Å². The number of aryl methyl sites for hydroxylation is 1. The van der Waals surface area contributed by atoms with Crippen LogP contribution in [0.25, 0.3) is 0 Å². The third kappa shape index (κ3) is 3.35. The first-order valence-electron chi connectivity index (χ1n) is 7.83. The molecule has 0 saturated carbocycles. The van der Waals surface area contributed by atoms with Crippen molar-refractivity contribution in [3.63, 3.8) is 0 Å². The molecule has 120 valence electrons. The maximum absolute atomic E-state index is 12.5. The highest BCUT2D eigenvalue weighted by molar-refractivity contribution is 6.13. The molecule has 0 aliphatic heterocycles. The lowest BCUT2D eigenvalue weighted by Gasteiger charge is -2.12. The number of aromatic amines is 1. The number of hydrogen-bond acceptors (Lipinski definition) is 3. The van der Waals surface area contributed by atoms with Crippen LogP contribution in [0.1, 0.15) is 44.8 Å². The maximum Gasteiger partial charge on any atom is 0.257 e. The van der Waals surface area contributed by atoms with Gasteiger partial charge in [-0.1, -0.05) is 12.1 Å². The fourth-order valence-corrected chi connectivity index (χ4v) is 2.97. The lowest BCUT2D eigenvalue weighted by molar-refractivity contribution is 0.0956. The van der Waals surface area contributed by atoms with Crippen LogP contribution < -0.4 is 5.32 Å². The second-order valence-electron chi connectivity index (χ2n) is 6.22. The average molecular weight is 311 g/mol. The van der Waals surface area contributed by atoms with E-state index in [1.54, 1.807) is 6.20 Å². The summed E-state index contributed by atoms with van der Waals surface area (Å²) in [5.74, 6) is -0.183. The predicted molar refractivity (Wildman–Crippen MR) is 89.8 cm³/mol. The van der Waals surface area contributed by atoms with Gasteiger partial charge in [-0.3, -0.25) is 9.59 Å². The number of anilines is 1. The number of hydrogen-bond donors (Lipinski definition) is 2. The Morgan fingerprint density at radius 3 is 2.65 bits per heavy atom. The highest BCUT2D eigenvalue weighted by atomic mass is 16.2.